The Bertz CT molecular complexity index is 372. The number of hydrogen-bond acceptors (Lipinski definition) is 1. The Hall–Kier alpha value is -0.960. The van der Waals surface area contributed by atoms with Crippen molar-refractivity contribution >= 4 is 0 Å². The van der Waals surface area contributed by atoms with Crippen molar-refractivity contribution in [1.29, 1.82) is 0 Å². The van der Waals surface area contributed by atoms with Crippen molar-refractivity contribution in [2.75, 3.05) is 0 Å². The molecule has 18 heavy (non-hydrogen) atoms. The fraction of sp³-hybridized carbons (Fsp3) is 0.600. The van der Waals surface area contributed by atoms with Gasteiger partial charge in [0, 0.05) is 18.7 Å². The molecule has 3 heteroatoms. The van der Waals surface area contributed by atoms with Crippen LogP contribution in [0.5, 0.6) is 0 Å². The van der Waals surface area contributed by atoms with Gasteiger partial charge in [0.25, 0.3) is 0 Å². The lowest BCUT2D eigenvalue weighted by Crippen LogP contribution is -2.37. The monoisotopic (exact) mass is 253 g/mol. The third-order valence-corrected chi connectivity index (χ3v) is 3.92. The van der Waals surface area contributed by atoms with E-state index < -0.39 is 11.6 Å². The summed E-state index contributed by atoms with van der Waals surface area (Å²) in [5.41, 5.74) is 0.688. The van der Waals surface area contributed by atoms with E-state index in [1.165, 1.54) is 44.2 Å². The SMILES string of the molecule is CCC1CCCCC1NCc1cc(F)cc(F)c1. The van der Waals surface area contributed by atoms with Crippen LogP contribution in [0.25, 0.3) is 0 Å². The first-order valence-corrected chi connectivity index (χ1v) is 6.87. The van der Waals surface area contributed by atoms with Crippen LogP contribution in [-0.4, -0.2) is 6.04 Å². The summed E-state index contributed by atoms with van der Waals surface area (Å²) >= 11 is 0. The zero-order chi connectivity index (χ0) is 13.0. The molecule has 1 aliphatic carbocycles. The Balaban J connectivity index is 1.93. The van der Waals surface area contributed by atoms with Gasteiger partial charge in [-0.3, -0.25) is 0 Å². The molecule has 0 bridgehead atoms. The molecule has 2 atom stereocenters. The second-order valence-corrected chi connectivity index (χ2v) is 5.22. The quantitative estimate of drug-likeness (QED) is 0.854. The normalized spacial score (nSPS) is 24.2. The van der Waals surface area contributed by atoms with Crippen molar-refractivity contribution in [3.8, 4) is 0 Å². The Morgan fingerprint density at radius 1 is 1.11 bits per heavy atom. The topological polar surface area (TPSA) is 12.0 Å². The van der Waals surface area contributed by atoms with Crippen molar-refractivity contribution in [3.63, 3.8) is 0 Å². The Morgan fingerprint density at radius 2 is 1.78 bits per heavy atom. The largest absolute Gasteiger partial charge is 0.310 e. The smallest absolute Gasteiger partial charge is 0.126 e. The fourth-order valence-electron chi connectivity index (χ4n) is 2.93. The number of hydrogen-bond donors (Lipinski definition) is 1. The molecule has 0 radical (unpaired) electrons. The summed E-state index contributed by atoms with van der Waals surface area (Å²) in [5, 5.41) is 3.46. The van der Waals surface area contributed by atoms with Crippen LogP contribution in [-0.2, 0) is 6.54 Å². The van der Waals surface area contributed by atoms with Gasteiger partial charge in [-0.2, -0.15) is 0 Å². The Kier molecular flexibility index (Phi) is 4.70. The van der Waals surface area contributed by atoms with Gasteiger partial charge in [0.1, 0.15) is 11.6 Å². The molecule has 1 N–H and O–H groups in total. The second-order valence-electron chi connectivity index (χ2n) is 5.22. The molecule has 0 amide bonds. The maximum Gasteiger partial charge on any atom is 0.126 e. The van der Waals surface area contributed by atoms with Crippen molar-refractivity contribution in [1.82, 2.24) is 5.32 Å². The molecular weight excluding hydrogens is 232 g/mol. The lowest BCUT2D eigenvalue weighted by atomic mass is 9.83. The van der Waals surface area contributed by atoms with E-state index in [0.29, 0.717) is 24.1 Å². The van der Waals surface area contributed by atoms with Crippen molar-refractivity contribution in [2.45, 2.75) is 51.6 Å². The minimum atomic E-state index is -0.498. The van der Waals surface area contributed by atoms with Crippen molar-refractivity contribution < 1.29 is 8.78 Å². The van der Waals surface area contributed by atoms with Gasteiger partial charge in [0.05, 0.1) is 0 Å². The number of rotatable bonds is 4. The predicted molar refractivity (Wildman–Crippen MR) is 69.2 cm³/mol. The molecule has 1 saturated carbocycles. The highest BCUT2D eigenvalue weighted by molar-refractivity contribution is 5.17. The molecule has 1 aliphatic rings. The lowest BCUT2D eigenvalue weighted by Gasteiger charge is -2.31. The van der Waals surface area contributed by atoms with Crippen LogP contribution in [0.3, 0.4) is 0 Å². The first-order valence-electron chi connectivity index (χ1n) is 6.87. The van der Waals surface area contributed by atoms with E-state index in [1.54, 1.807) is 0 Å². The minimum Gasteiger partial charge on any atom is -0.310 e. The molecule has 0 aromatic heterocycles. The second kappa shape index (κ2) is 6.28. The number of nitrogens with one attached hydrogen (secondary N) is 1. The van der Waals surface area contributed by atoms with Gasteiger partial charge in [-0.15, -0.1) is 0 Å². The lowest BCUT2D eigenvalue weighted by molar-refractivity contribution is 0.254. The molecule has 1 aromatic rings. The molecule has 2 unspecified atom stereocenters. The van der Waals surface area contributed by atoms with Crippen molar-refractivity contribution in [2.24, 2.45) is 5.92 Å². The summed E-state index contributed by atoms with van der Waals surface area (Å²) in [4.78, 5) is 0. The van der Waals surface area contributed by atoms with Gasteiger partial charge < -0.3 is 5.32 Å². The highest BCUT2D eigenvalue weighted by Crippen LogP contribution is 2.27. The molecular formula is C15H21F2N. The average molecular weight is 253 g/mol. The molecule has 1 aromatic carbocycles. The third kappa shape index (κ3) is 3.52. The van der Waals surface area contributed by atoms with E-state index >= 15 is 0 Å². The standard InChI is InChI=1S/C15H21F2N/c1-2-12-5-3-4-6-15(12)18-10-11-7-13(16)9-14(17)8-11/h7-9,12,15,18H,2-6,10H2,1H3. The van der Waals surface area contributed by atoms with Crippen LogP contribution < -0.4 is 5.32 Å². The zero-order valence-electron chi connectivity index (χ0n) is 10.9. The minimum absolute atomic E-state index is 0.495. The van der Waals surface area contributed by atoms with Crippen LogP contribution in [0.2, 0.25) is 0 Å². The van der Waals surface area contributed by atoms with Gasteiger partial charge in [-0.1, -0.05) is 26.2 Å². The van der Waals surface area contributed by atoms with E-state index in [2.05, 4.69) is 12.2 Å². The summed E-state index contributed by atoms with van der Waals surface area (Å²) in [6, 6.07) is 4.22. The van der Waals surface area contributed by atoms with E-state index in [9.17, 15) is 8.78 Å². The maximum atomic E-state index is 13.1. The fourth-order valence-corrected chi connectivity index (χ4v) is 2.93. The van der Waals surface area contributed by atoms with E-state index in [0.717, 1.165) is 6.07 Å². The Morgan fingerprint density at radius 3 is 2.44 bits per heavy atom. The average Bonchev–Trinajstić information content (AvgIpc) is 2.35. The maximum absolute atomic E-state index is 13.1. The molecule has 0 saturated heterocycles. The van der Waals surface area contributed by atoms with Crippen LogP contribution >= 0.6 is 0 Å². The summed E-state index contributed by atoms with van der Waals surface area (Å²) in [6.07, 6.45) is 6.19. The highest BCUT2D eigenvalue weighted by atomic mass is 19.1. The van der Waals surface area contributed by atoms with Gasteiger partial charge in [-0.25, -0.2) is 8.78 Å². The summed E-state index contributed by atoms with van der Waals surface area (Å²) in [5.74, 6) is -0.290. The van der Waals surface area contributed by atoms with Crippen molar-refractivity contribution in [3.05, 3.63) is 35.4 Å². The highest BCUT2D eigenvalue weighted by Gasteiger charge is 2.22. The van der Waals surface area contributed by atoms with E-state index in [-0.39, 0.29) is 0 Å². The number of halogens is 2. The van der Waals surface area contributed by atoms with Crippen LogP contribution in [0.15, 0.2) is 18.2 Å². The molecule has 1 nitrogen and oxygen atoms in total. The summed E-state index contributed by atoms with van der Waals surface area (Å²) in [6.45, 7) is 2.77. The van der Waals surface area contributed by atoms with Gasteiger partial charge in [0.15, 0.2) is 0 Å². The number of benzene rings is 1. The molecule has 0 heterocycles. The van der Waals surface area contributed by atoms with E-state index in [1.807, 2.05) is 0 Å². The Labute approximate surface area is 108 Å². The molecule has 2 rings (SSSR count). The summed E-state index contributed by atoms with van der Waals surface area (Å²) in [7, 11) is 0. The molecule has 0 aliphatic heterocycles. The predicted octanol–water partition coefficient (Wildman–Crippen LogP) is 4.02. The zero-order valence-corrected chi connectivity index (χ0v) is 10.9. The van der Waals surface area contributed by atoms with Gasteiger partial charge in [0.2, 0.25) is 0 Å². The first-order chi connectivity index (χ1) is 8.69. The van der Waals surface area contributed by atoms with Gasteiger partial charge in [-0.05, 0) is 36.5 Å². The molecule has 0 spiro atoms. The van der Waals surface area contributed by atoms with Crippen LogP contribution in [0, 0.1) is 17.6 Å². The molecule has 1 fully saturated rings. The third-order valence-electron chi connectivity index (χ3n) is 3.92. The van der Waals surface area contributed by atoms with Gasteiger partial charge >= 0.3 is 0 Å². The first kappa shape index (κ1) is 13.5. The summed E-state index contributed by atoms with van der Waals surface area (Å²) < 4.78 is 26.1. The van der Waals surface area contributed by atoms with Crippen LogP contribution in [0.1, 0.15) is 44.6 Å². The van der Waals surface area contributed by atoms with E-state index in [4.69, 9.17) is 0 Å². The molecule has 100 valence electrons. The van der Waals surface area contributed by atoms with Crippen LogP contribution in [0.4, 0.5) is 8.78 Å².